The smallest absolute Gasteiger partial charge is 0.248 e. The van der Waals surface area contributed by atoms with Crippen LogP contribution in [0.4, 0.5) is 0 Å². The monoisotopic (exact) mass is 419 g/mol. The van der Waals surface area contributed by atoms with Crippen molar-refractivity contribution in [3.8, 4) is 11.4 Å². The Morgan fingerprint density at radius 3 is 2.86 bits per heavy atom. The highest BCUT2D eigenvalue weighted by Crippen LogP contribution is 2.40. The zero-order valence-electron chi connectivity index (χ0n) is 17.2. The van der Waals surface area contributed by atoms with Crippen molar-refractivity contribution in [3.63, 3.8) is 0 Å². The van der Waals surface area contributed by atoms with Gasteiger partial charge in [-0.15, -0.1) is 0 Å². The predicted molar refractivity (Wildman–Crippen MR) is 115 cm³/mol. The molecular weight excluding hydrogens is 390 g/mol. The Bertz CT molecular complexity index is 802. The van der Waals surface area contributed by atoms with E-state index in [0.717, 1.165) is 37.6 Å². The van der Waals surface area contributed by atoms with Gasteiger partial charge in [0.25, 0.3) is 0 Å². The first-order chi connectivity index (χ1) is 14.1. The highest BCUT2D eigenvalue weighted by atomic mass is 35.5. The summed E-state index contributed by atoms with van der Waals surface area (Å²) in [6.45, 7) is 4.84. The maximum atomic E-state index is 6.04. The summed E-state index contributed by atoms with van der Waals surface area (Å²) in [7, 11) is 1.77. The first-order valence-electron chi connectivity index (χ1n) is 10.2. The van der Waals surface area contributed by atoms with E-state index in [1.54, 1.807) is 7.11 Å². The minimum Gasteiger partial charge on any atom is -0.385 e. The molecule has 0 unspecified atom stereocenters. The third kappa shape index (κ3) is 6.18. The average molecular weight is 420 g/mol. The van der Waals surface area contributed by atoms with E-state index in [9.17, 15) is 0 Å². The second-order valence-electron chi connectivity index (χ2n) is 7.52. The summed E-state index contributed by atoms with van der Waals surface area (Å²) in [5, 5.41) is 11.5. The van der Waals surface area contributed by atoms with Gasteiger partial charge in [0.1, 0.15) is 6.54 Å². The van der Waals surface area contributed by atoms with Gasteiger partial charge in [-0.3, -0.25) is 0 Å². The maximum absolute atomic E-state index is 6.04. The minimum absolute atomic E-state index is 0.288. The molecule has 29 heavy (non-hydrogen) atoms. The Labute approximate surface area is 177 Å². The Morgan fingerprint density at radius 2 is 2.14 bits per heavy atom. The largest absolute Gasteiger partial charge is 0.385 e. The molecule has 0 atom stereocenters. The second kappa shape index (κ2) is 10.6. The van der Waals surface area contributed by atoms with Crippen molar-refractivity contribution in [2.24, 2.45) is 10.4 Å². The molecular formula is C21H30ClN5O2. The number of methoxy groups -OCH3 is 1. The van der Waals surface area contributed by atoms with Gasteiger partial charge in [-0.2, -0.15) is 4.98 Å². The lowest BCUT2D eigenvalue weighted by atomic mass is 9.83. The van der Waals surface area contributed by atoms with E-state index < -0.39 is 0 Å². The molecule has 0 bridgehead atoms. The zero-order valence-corrected chi connectivity index (χ0v) is 18.0. The summed E-state index contributed by atoms with van der Waals surface area (Å²) in [6.07, 6.45) is 6.11. The van der Waals surface area contributed by atoms with E-state index in [-0.39, 0.29) is 5.41 Å². The fourth-order valence-electron chi connectivity index (χ4n) is 3.78. The first-order valence-corrected chi connectivity index (χ1v) is 10.6. The van der Waals surface area contributed by atoms with Crippen LogP contribution in [-0.2, 0) is 11.3 Å². The van der Waals surface area contributed by atoms with Gasteiger partial charge in [0.05, 0.1) is 0 Å². The van der Waals surface area contributed by atoms with Crippen LogP contribution in [0.2, 0.25) is 5.02 Å². The summed E-state index contributed by atoms with van der Waals surface area (Å²) >= 11 is 6.04. The lowest BCUT2D eigenvalue weighted by Gasteiger charge is -2.29. The number of guanidine groups is 1. The standard InChI is InChI=1S/C21H30ClN5O2/c1-3-23-20(25-15-21(11-12-28-2)9-4-5-10-21)24-14-18-26-19(27-29-18)16-7-6-8-17(22)13-16/h6-8,13H,3-5,9-12,14-15H2,1-2H3,(H2,23,24,25). The summed E-state index contributed by atoms with van der Waals surface area (Å²) < 4.78 is 10.7. The fraction of sp³-hybridized carbons (Fsp3) is 0.571. The molecule has 0 aliphatic heterocycles. The SMILES string of the molecule is CCNC(=NCc1nc(-c2cccc(Cl)c2)no1)NCC1(CCOC)CCCC1. The number of benzene rings is 1. The van der Waals surface area contributed by atoms with Crippen LogP contribution in [0.1, 0.15) is 44.9 Å². The molecule has 3 rings (SSSR count). The maximum Gasteiger partial charge on any atom is 0.248 e. The third-order valence-electron chi connectivity index (χ3n) is 5.40. The van der Waals surface area contributed by atoms with Crippen LogP contribution in [0.3, 0.4) is 0 Å². The molecule has 2 N–H and O–H groups in total. The van der Waals surface area contributed by atoms with Crippen LogP contribution in [-0.4, -0.2) is 42.9 Å². The van der Waals surface area contributed by atoms with Gasteiger partial charge in [-0.25, -0.2) is 4.99 Å². The lowest BCUT2D eigenvalue weighted by molar-refractivity contribution is 0.138. The number of hydrogen-bond donors (Lipinski definition) is 2. The molecule has 1 aromatic heterocycles. The van der Waals surface area contributed by atoms with Crippen LogP contribution in [0.15, 0.2) is 33.8 Å². The number of aromatic nitrogens is 2. The molecule has 1 aliphatic carbocycles. The van der Waals surface area contributed by atoms with Gasteiger partial charge in [0.2, 0.25) is 11.7 Å². The number of ether oxygens (including phenoxy) is 1. The van der Waals surface area contributed by atoms with Gasteiger partial charge in [0, 0.05) is 37.4 Å². The molecule has 1 saturated carbocycles. The van der Waals surface area contributed by atoms with Crippen LogP contribution in [0, 0.1) is 5.41 Å². The zero-order chi connectivity index (χ0) is 20.5. The van der Waals surface area contributed by atoms with Crippen LogP contribution < -0.4 is 10.6 Å². The molecule has 7 nitrogen and oxygen atoms in total. The summed E-state index contributed by atoms with van der Waals surface area (Å²) in [4.78, 5) is 9.05. The Hall–Kier alpha value is -2.12. The van der Waals surface area contributed by atoms with Gasteiger partial charge in [-0.05, 0) is 43.7 Å². The summed E-state index contributed by atoms with van der Waals surface area (Å²) in [5.74, 6) is 1.74. The average Bonchev–Trinajstić information content (AvgIpc) is 3.39. The van der Waals surface area contributed by atoms with Gasteiger partial charge < -0.3 is 19.9 Å². The van der Waals surface area contributed by atoms with E-state index >= 15 is 0 Å². The predicted octanol–water partition coefficient (Wildman–Crippen LogP) is 4.04. The van der Waals surface area contributed by atoms with E-state index in [0.29, 0.717) is 23.3 Å². The lowest BCUT2D eigenvalue weighted by Crippen LogP contribution is -2.43. The van der Waals surface area contributed by atoms with Crippen molar-refractivity contribution in [3.05, 3.63) is 35.2 Å². The molecule has 1 fully saturated rings. The van der Waals surface area contributed by atoms with E-state index in [1.165, 1.54) is 25.7 Å². The number of hydrogen-bond acceptors (Lipinski definition) is 5. The minimum atomic E-state index is 0.288. The molecule has 8 heteroatoms. The van der Waals surface area contributed by atoms with Crippen molar-refractivity contribution in [2.75, 3.05) is 26.8 Å². The fourth-order valence-corrected chi connectivity index (χ4v) is 3.97. The van der Waals surface area contributed by atoms with E-state index in [4.69, 9.17) is 20.9 Å². The topological polar surface area (TPSA) is 84.6 Å². The van der Waals surface area contributed by atoms with Gasteiger partial charge in [-0.1, -0.05) is 41.7 Å². The number of nitrogens with one attached hydrogen (secondary N) is 2. The highest BCUT2D eigenvalue weighted by Gasteiger charge is 2.33. The Kier molecular flexibility index (Phi) is 7.89. The molecule has 0 amide bonds. The number of nitrogens with zero attached hydrogens (tertiary/aromatic N) is 3. The molecule has 1 aromatic carbocycles. The van der Waals surface area contributed by atoms with Gasteiger partial charge in [0.15, 0.2) is 5.96 Å². The molecule has 2 aromatic rings. The van der Waals surface area contributed by atoms with Crippen LogP contribution in [0.5, 0.6) is 0 Å². The third-order valence-corrected chi connectivity index (χ3v) is 5.63. The molecule has 1 heterocycles. The Morgan fingerprint density at radius 1 is 1.31 bits per heavy atom. The normalized spacial score (nSPS) is 16.2. The number of rotatable bonds is 9. The van der Waals surface area contributed by atoms with Crippen molar-refractivity contribution in [1.29, 1.82) is 0 Å². The number of aliphatic imine (C=N–C) groups is 1. The summed E-state index contributed by atoms with van der Waals surface area (Å²) in [5.41, 5.74) is 1.11. The van der Waals surface area contributed by atoms with Gasteiger partial charge >= 0.3 is 0 Å². The molecule has 0 radical (unpaired) electrons. The molecule has 0 saturated heterocycles. The van der Waals surface area contributed by atoms with E-state index in [2.05, 4.69) is 32.7 Å². The van der Waals surface area contributed by atoms with Crippen LogP contribution in [0.25, 0.3) is 11.4 Å². The van der Waals surface area contributed by atoms with Crippen molar-refractivity contribution < 1.29 is 9.26 Å². The number of halogens is 1. The second-order valence-corrected chi connectivity index (χ2v) is 7.96. The highest BCUT2D eigenvalue weighted by molar-refractivity contribution is 6.30. The Balaban J connectivity index is 1.62. The molecule has 0 spiro atoms. The van der Waals surface area contributed by atoms with Crippen LogP contribution >= 0.6 is 11.6 Å². The quantitative estimate of drug-likeness (QED) is 0.471. The molecule has 158 valence electrons. The first kappa shape index (κ1) is 21.6. The summed E-state index contributed by atoms with van der Waals surface area (Å²) in [6, 6.07) is 7.39. The molecule has 1 aliphatic rings. The van der Waals surface area contributed by atoms with Crippen molar-refractivity contribution in [2.45, 2.75) is 45.6 Å². The van der Waals surface area contributed by atoms with Crippen molar-refractivity contribution in [1.82, 2.24) is 20.8 Å². The van der Waals surface area contributed by atoms with Crippen molar-refractivity contribution >= 4 is 17.6 Å². The van der Waals surface area contributed by atoms with E-state index in [1.807, 2.05) is 24.3 Å².